The summed E-state index contributed by atoms with van der Waals surface area (Å²) in [5.41, 5.74) is -1.10. The fourth-order valence-electron chi connectivity index (χ4n) is 2.91. The number of carboxylic acid groups (broad SMARTS) is 2. The molecule has 2 N–H and O–H groups in total. The second kappa shape index (κ2) is 7.47. The van der Waals surface area contributed by atoms with Gasteiger partial charge in [0.05, 0.1) is 12.7 Å². The monoisotopic (exact) mass is 373 g/mol. The summed E-state index contributed by atoms with van der Waals surface area (Å²) >= 11 is 0. The van der Waals surface area contributed by atoms with Gasteiger partial charge in [0.2, 0.25) is 0 Å². The molecule has 0 bridgehead atoms. The van der Waals surface area contributed by atoms with E-state index in [4.69, 9.17) is 9.16 Å². The molecule has 1 rings (SSSR count). The summed E-state index contributed by atoms with van der Waals surface area (Å²) in [6, 6.07) is 0. The molecule has 144 valence electrons. The van der Waals surface area contributed by atoms with Crippen molar-refractivity contribution in [2.75, 3.05) is 20.3 Å². The lowest BCUT2D eigenvalue weighted by molar-refractivity contribution is -0.155. The van der Waals surface area contributed by atoms with Crippen LogP contribution in [0.1, 0.15) is 33.6 Å². The van der Waals surface area contributed by atoms with E-state index in [0.29, 0.717) is 12.0 Å². The van der Waals surface area contributed by atoms with E-state index < -0.39 is 32.0 Å². The van der Waals surface area contributed by atoms with Crippen molar-refractivity contribution in [1.29, 1.82) is 0 Å². The zero-order valence-electron chi connectivity index (χ0n) is 16.1. The quantitative estimate of drug-likeness (QED) is 0.525. The molecule has 2 atom stereocenters. The fraction of sp³-hybridized carbons (Fsp3) is 0.765. The molecule has 0 aromatic carbocycles. The average Bonchev–Trinajstić information content (AvgIpc) is 2.83. The summed E-state index contributed by atoms with van der Waals surface area (Å²) < 4.78 is 11.4. The number of aliphatic carboxylic acids is 1. The SMILES string of the molecule is C=C(CO[Si](C)(C)C(C)(C)C)CC1(C(=O)O)[C@@H](OC)CCN1C(=O)O. The van der Waals surface area contributed by atoms with Crippen molar-refractivity contribution < 1.29 is 29.0 Å². The van der Waals surface area contributed by atoms with Crippen molar-refractivity contribution in [3.8, 4) is 0 Å². The lowest BCUT2D eigenvalue weighted by Crippen LogP contribution is -2.59. The van der Waals surface area contributed by atoms with Crippen LogP contribution in [0.2, 0.25) is 18.1 Å². The second-order valence-electron chi connectivity index (χ2n) is 8.15. The van der Waals surface area contributed by atoms with Crippen LogP contribution in [0.15, 0.2) is 12.2 Å². The molecule has 8 heteroatoms. The van der Waals surface area contributed by atoms with Crippen molar-refractivity contribution in [3.05, 3.63) is 12.2 Å². The minimum absolute atomic E-state index is 0.0211. The maximum atomic E-state index is 12.0. The minimum atomic E-state index is -2.01. The van der Waals surface area contributed by atoms with Gasteiger partial charge in [0.15, 0.2) is 13.9 Å². The number of rotatable bonds is 7. The van der Waals surface area contributed by atoms with Crippen LogP contribution in [0.3, 0.4) is 0 Å². The molecule has 7 nitrogen and oxygen atoms in total. The molecule has 1 aliphatic rings. The van der Waals surface area contributed by atoms with Crippen LogP contribution in [-0.4, -0.2) is 67.4 Å². The number of methoxy groups -OCH3 is 1. The highest BCUT2D eigenvalue weighted by Crippen LogP contribution is 2.39. The molecule has 1 heterocycles. The highest BCUT2D eigenvalue weighted by Gasteiger charge is 2.57. The van der Waals surface area contributed by atoms with E-state index in [9.17, 15) is 19.8 Å². The molecule has 0 radical (unpaired) electrons. The summed E-state index contributed by atoms with van der Waals surface area (Å²) in [5, 5.41) is 19.3. The smallest absolute Gasteiger partial charge is 0.408 e. The van der Waals surface area contributed by atoms with Crippen LogP contribution in [0.25, 0.3) is 0 Å². The fourth-order valence-corrected chi connectivity index (χ4v) is 3.90. The first-order chi connectivity index (χ1) is 11.3. The van der Waals surface area contributed by atoms with E-state index >= 15 is 0 Å². The van der Waals surface area contributed by atoms with Crippen molar-refractivity contribution >= 4 is 20.4 Å². The Kier molecular flexibility index (Phi) is 6.47. The van der Waals surface area contributed by atoms with Crippen LogP contribution in [0.5, 0.6) is 0 Å². The molecule has 0 aromatic heterocycles. The van der Waals surface area contributed by atoms with Crippen LogP contribution in [0, 0.1) is 0 Å². The largest absolute Gasteiger partial charge is 0.479 e. The molecule has 1 unspecified atom stereocenters. The van der Waals surface area contributed by atoms with Gasteiger partial charge in [-0.15, -0.1) is 0 Å². The van der Waals surface area contributed by atoms with Crippen molar-refractivity contribution in [2.45, 2.75) is 63.4 Å². The predicted octanol–water partition coefficient (Wildman–Crippen LogP) is 3.18. The van der Waals surface area contributed by atoms with Crippen LogP contribution in [0.4, 0.5) is 4.79 Å². The first-order valence-corrected chi connectivity index (χ1v) is 11.3. The van der Waals surface area contributed by atoms with E-state index in [1.807, 2.05) is 0 Å². The molecule has 0 aliphatic carbocycles. The number of carbonyl (C=O) groups is 2. The number of carboxylic acids is 1. The van der Waals surface area contributed by atoms with Crippen LogP contribution < -0.4 is 0 Å². The van der Waals surface area contributed by atoms with Gasteiger partial charge in [0.25, 0.3) is 0 Å². The number of nitrogens with zero attached hydrogens (tertiary/aromatic N) is 1. The Morgan fingerprint density at radius 1 is 1.32 bits per heavy atom. The third-order valence-corrected chi connectivity index (χ3v) is 9.96. The van der Waals surface area contributed by atoms with Crippen LogP contribution in [-0.2, 0) is 14.0 Å². The zero-order valence-corrected chi connectivity index (χ0v) is 17.1. The standard InChI is InChI=1S/C17H31NO6Si/c1-12(11-24-25(6,7)16(2,3)4)10-17(14(19)20)13(23-5)8-9-18(17)15(21)22/h13H,1,8-11H2,2-7H3,(H,19,20)(H,21,22)/t13-,17?/m0/s1. The van der Waals surface area contributed by atoms with Gasteiger partial charge in [0, 0.05) is 20.1 Å². The molecule has 0 aromatic rings. The van der Waals surface area contributed by atoms with Crippen molar-refractivity contribution in [2.24, 2.45) is 0 Å². The molecule has 1 fully saturated rings. The normalized spacial score (nSPS) is 24.4. The molecule has 0 saturated carbocycles. The summed E-state index contributed by atoms with van der Waals surface area (Å²) in [4.78, 5) is 24.6. The minimum Gasteiger partial charge on any atom is -0.479 e. The van der Waals surface area contributed by atoms with Crippen LogP contribution >= 0.6 is 0 Å². The van der Waals surface area contributed by atoms with E-state index in [-0.39, 0.29) is 24.6 Å². The topological polar surface area (TPSA) is 96.3 Å². The van der Waals surface area contributed by atoms with Crippen molar-refractivity contribution in [3.63, 3.8) is 0 Å². The van der Waals surface area contributed by atoms with E-state index in [1.165, 1.54) is 7.11 Å². The Bertz CT molecular complexity index is 542. The molecule has 0 spiro atoms. The first-order valence-electron chi connectivity index (χ1n) is 8.37. The number of hydrogen-bond acceptors (Lipinski definition) is 4. The number of ether oxygens (including phenoxy) is 1. The summed E-state index contributed by atoms with van der Waals surface area (Å²) in [6.07, 6.45) is -1.67. The summed E-state index contributed by atoms with van der Waals surface area (Å²) in [5.74, 6) is -1.22. The average molecular weight is 374 g/mol. The van der Waals surface area contributed by atoms with Gasteiger partial charge >= 0.3 is 12.1 Å². The van der Waals surface area contributed by atoms with Gasteiger partial charge in [-0.1, -0.05) is 32.9 Å². The van der Waals surface area contributed by atoms with E-state index in [1.54, 1.807) is 0 Å². The Morgan fingerprint density at radius 3 is 2.28 bits per heavy atom. The summed E-state index contributed by atoms with van der Waals surface area (Å²) in [7, 11) is -0.603. The van der Waals surface area contributed by atoms with E-state index in [0.717, 1.165) is 4.90 Å². The second-order valence-corrected chi connectivity index (χ2v) is 13.0. The number of hydrogen-bond donors (Lipinski definition) is 2. The molecule has 1 saturated heterocycles. The molecule has 25 heavy (non-hydrogen) atoms. The van der Waals surface area contributed by atoms with Gasteiger partial charge in [-0.25, -0.2) is 9.59 Å². The Labute approximate surface area is 150 Å². The lowest BCUT2D eigenvalue weighted by Gasteiger charge is -2.39. The predicted molar refractivity (Wildman–Crippen MR) is 97.4 cm³/mol. The zero-order chi connectivity index (χ0) is 19.6. The third-order valence-electron chi connectivity index (χ3n) is 5.48. The maximum Gasteiger partial charge on any atom is 0.408 e. The summed E-state index contributed by atoms with van der Waals surface area (Å²) in [6.45, 7) is 14.8. The van der Waals surface area contributed by atoms with Gasteiger partial charge in [-0.2, -0.15) is 0 Å². The first kappa shape index (κ1) is 21.7. The van der Waals surface area contributed by atoms with E-state index in [2.05, 4.69) is 40.4 Å². The molecular formula is C17H31NO6Si. The Hall–Kier alpha value is -1.38. The lowest BCUT2D eigenvalue weighted by atomic mass is 9.86. The molecule has 1 amide bonds. The number of likely N-dealkylation sites (tertiary alicyclic amines) is 1. The van der Waals surface area contributed by atoms with Crippen molar-refractivity contribution in [1.82, 2.24) is 4.90 Å². The highest BCUT2D eigenvalue weighted by molar-refractivity contribution is 6.74. The third kappa shape index (κ3) is 4.24. The van der Waals surface area contributed by atoms with Gasteiger partial charge in [-0.3, -0.25) is 4.90 Å². The van der Waals surface area contributed by atoms with Gasteiger partial charge in [-0.05, 0) is 24.6 Å². The van der Waals surface area contributed by atoms with Gasteiger partial charge in [0.1, 0.15) is 0 Å². The molecular weight excluding hydrogens is 342 g/mol. The Morgan fingerprint density at radius 2 is 1.88 bits per heavy atom. The number of amides is 1. The van der Waals surface area contributed by atoms with Gasteiger partial charge < -0.3 is 19.4 Å². The molecule has 1 aliphatic heterocycles. The Balaban J connectivity index is 2.99. The maximum absolute atomic E-state index is 12.0. The highest BCUT2D eigenvalue weighted by atomic mass is 28.4.